The lowest BCUT2D eigenvalue weighted by Crippen LogP contribution is -2.29. The molecule has 0 aliphatic heterocycles. The molecular formula is C12H19N3O. The van der Waals surface area contributed by atoms with Gasteiger partial charge in [-0.15, -0.1) is 0 Å². The number of benzene rings is 1. The average Bonchev–Trinajstić information content (AvgIpc) is 2.29. The summed E-state index contributed by atoms with van der Waals surface area (Å²) in [7, 11) is 0. The van der Waals surface area contributed by atoms with Gasteiger partial charge < -0.3 is 16.4 Å². The van der Waals surface area contributed by atoms with Crippen LogP contribution in [0.25, 0.3) is 0 Å². The lowest BCUT2D eigenvalue weighted by molar-refractivity contribution is 0.252. The molecule has 0 radical (unpaired) electrons. The highest BCUT2D eigenvalue weighted by atomic mass is 16.2. The van der Waals surface area contributed by atoms with E-state index in [0.717, 1.165) is 18.5 Å². The summed E-state index contributed by atoms with van der Waals surface area (Å²) < 4.78 is 0. The summed E-state index contributed by atoms with van der Waals surface area (Å²) in [6.45, 7) is 3.35. The molecule has 0 unspecified atom stereocenters. The monoisotopic (exact) mass is 221 g/mol. The van der Waals surface area contributed by atoms with Crippen LogP contribution in [0.5, 0.6) is 0 Å². The van der Waals surface area contributed by atoms with Crippen LogP contribution in [0.15, 0.2) is 24.3 Å². The van der Waals surface area contributed by atoms with Gasteiger partial charge in [0.1, 0.15) is 0 Å². The van der Waals surface area contributed by atoms with Gasteiger partial charge in [0.2, 0.25) is 0 Å². The summed E-state index contributed by atoms with van der Waals surface area (Å²) in [5.74, 6) is 0. The van der Waals surface area contributed by atoms with Gasteiger partial charge in [0.15, 0.2) is 0 Å². The van der Waals surface area contributed by atoms with E-state index in [4.69, 9.17) is 5.73 Å². The van der Waals surface area contributed by atoms with Crippen LogP contribution in [0, 0.1) is 0 Å². The molecule has 0 aromatic heterocycles. The van der Waals surface area contributed by atoms with Crippen molar-refractivity contribution in [2.24, 2.45) is 5.73 Å². The minimum atomic E-state index is -0.159. The van der Waals surface area contributed by atoms with Crippen molar-refractivity contribution in [1.29, 1.82) is 0 Å². The Morgan fingerprint density at radius 2 is 2.00 bits per heavy atom. The maximum Gasteiger partial charge on any atom is 0.319 e. The Bertz CT molecular complexity index is 322. The molecule has 16 heavy (non-hydrogen) atoms. The van der Waals surface area contributed by atoms with E-state index in [9.17, 15) is 4.79 Å². The summed E-state index contributed by atoms with van der Waals surface area (Å²) in [5.41, 5.74) is 7.44. The largest absolute Gasteiger partial charge is 0.338 e. The van der Waals surface area contributed by atoms with Crippen molar-refractivity contribution in [2.45, 2.75) is 19.8 Å². The molecule has 2 amide bonds. The smallest absolute Gasteiger partial charge is 0.319 e. The topological polar surface area (TPSA) is 67.2 Å². The van der Waals surface area contributed by atoms with Gasteiger partial charge in [-0.25, -0.2) is 4.79 Å². The number of hydrogen-bond acceptors (Lipinski definition) is 2. The highest BCUT2D eigenvalue weighted by Crippen LogP contribution is 2.09. The minimum absolute atomic E-state index is 0.159. The van der Waals surface area contributed by atoms with Crippen LogP contribution in [0.1, 0.15) is 18.9 Å². The fraction of sp³-hybridized carbons (Fsp3) is 0.417. The molecule has 4 nitrogen and oxygen atoms in total. The molecule has 1 aromatic carbocycles. The zero-order valence-corrected chi connectivity index (χ0v) is 9.62. The fourth-order valence-electron chi connectivity index (χ4n) is 1.34. The number of rotatable bonds is 5. The van der Waals surface area contributed by atoms with Crippen molar-refractivity contribution in [1.82, 2.24) is 5.32 Å². The molecule has 0 aliphatic rings. The average molecular weight is 221 g/mol. The van der Waals surface area contributed by atoms with E-state index in [1.807, 2.05) is 31.2 Å². The van der Waals surface area contributed by atoms with Gasteiger partial charge in [0.25, 0.3) is 0 Å². The van der Waals surface area contributed by atoms with E-state index in [1.165, 1.54) is 5.56 Å². The fourth-order valence-corrected chi connectivity index (χ4v) is 1.34. The van der Waals surface area contributed by atoms with Gasteiger partial charge in [-0.05, 0) is 37.1 Å². The van der Waals surface area contributed by atoms with Crippen molar-refractivity contribution in [3.05, 3.63) is 29.8 Å². The quantitative estimate of drug-likeness (QED) is 0.708. The first-order chi connectivity index (χ1) is 7.76. The van der Waals surface area contributed by atoms with Crippen molar-refractivity contribution >= 4 is 11.7 Å². The van der Waals surface area contributed by atoms with Crippen LogP contribution in [0.3, 0.4) is 0 Å². The van der Waals surface area contributed by atoms with Crippen molar-refractivity contribution < 1.29 is 4.79 Å². The molecular weight excluding hydrogens is 202 g/mol. The van der Waals surface area contributed by atoms with Gasteiger partial charge in [0.05, 0.1) is 0 Å². The first-order valence-corrected chi connectivity index (χ1v) is 5.60. The molecule has 4 heteroatoms. The molecule has 0 saturated heterocycles. The normalized spacial score (nSPS) is 9.88. The standard InChI is InChI=1S/C12H19N3O/c1-2-9-14-12(16)15-11-5-3-10(4-6-11)7-8-13/h3-6H,2,7-9,13H2,1H3,(H2,14,15,16). The Morgan fingerprint density at radius 1 is 1.31 bits per heavy atom. The number of urea groups is 1. The van der Waals surface area contributed by atoms with Crippen LogP contribution >= 0.6 is 0 Å². The Kier molecular flexibility index (Phi) is 5.36. The highest BCUT2D eigenvalue weighted by molar-refractivity contribution is 5.89. The maximum atomic E-state index is 11.3. The Morgan fingerprint density at radius 3 is 2.56 bits per heavy atom. The van der Waals surface area contributed by atoms with Crippen molar-refractivity contribution in [2.75, 3.05) is 18.4 Å². The van der Waals surface area contributed by atoms with Gasteiger partial charge in [0, 0.05) is 12.2 Å². The predicted octanol–water partition coefficient (Wildman–Crippen LogP) is 1.72. The zero-order valence-electron chi connectivity index (χ0n) is 9.62. The van der Waals surface area contributed by atoms with Crippen LogP contribution in [0.2, 0.25) is 0 Å². The van der Waals surface area contributed by atoms with Crippen LogP contribution in [-0.2, 0) is 6.42 Å². The Labute approximate surface area is 96.2 Å². The van der Waals surface area contributed by atoms with Crippen LogP contribution < -0.4 is 16.4 Å². The lowest BCUT2D eigenvalue weighted by atomic mass is 10.1. The lowest BCUT2D eigenvalue weighted by Gasteiger charge is -2.07. The molecule has 0 saturated carbocycles. The number of anilines is 1. The van der Waals surface area contributed by atoms with Crippen LogP contribution in [0.4, 0.5) is 10.5 Å². The van der Waals surface area contributed by atoms with Gasteiger partial charge in [-0.1, -0.05) is 19.1 Å². The summed E-state index contributed by atoms with van der Waals surface area (Å²) in [4.78, 5) is 11.3. The summed E-state index contributed by atoms with van der Waals surface area (Å²) in [5, 5.41) is 5.52. The predicted molar refractivity (Wildman–Crippen MR) is 66.5 cm³/mol. The third-order valence-corrected chi connectivity index (χ3v) is 2.18. The Balaban J connectivity index is 2.45. The molecule has 88 valence electrons. The van der Waals surface area contributed by atoms with E-state index in [1.54, 1.807) is 0 Å². The number of amides is 2. The second kappa shape index (κ2) is 6.85. The van der Waals surface area contributed by atoms with E-state index in [-0.39, 0.29) is 6.03 Å². The molecule has 1 aromatic rings. The van der Waals surface area contributed by atoms with Gasteiger partial charge >= 0.3 is 6.03 Å². The van der Waals surface area contributed by atoms with Gasteiger partial charge in [-0.3, -0.25) is 0 Å². The number of nitrogens with one attached hydrogen (secondary N) is 2. The molecule has 0 fully saturated rings. The second-order valence-electron chi connectivity index (χ2n) is 3.62. The highest BCUT2D eigenvalue weighted by Gasteiger charge is 1.99. The third-order valence-electron chi connectivity index (χ3n) is 2.18. The summed E-state index contributed by atoms with van der Waals surface area (Å²) in [6.07, 6.45) is 1.80. The first-order valence-electron chi connectivity index (χ1n) is 5.60. The summed E-state index contributed by atoms with van der Waals surface area (Å²) >= 11 is 0. The maximum absolute atomic E-state index is 11.3. The number of hydrogen-bond donors (Lipinski definition) is 3. The molecule has 1 rings (SSSR count). The number of carbonyl (C=O) groups is 1. The molecule has 4 N–H and O–H groups in total. The molecule has 0 heterocycles. The first kappa shape index (κ1) is 12.5. The molecule has 0 aliphatic carbocycles. The van der Waals surface area contributed by atoms with E-state index in [2.05, 4.69) is 10.6 Å². The van der Waals surface area contributed by atoms with Crippen LogP contribution in [-0.4, -0.2) is 19.1 Å². The van der Waals surface area contributed by atoms with E-state index < -0.39 is 0 Å². The van der Waals surface area contributed by atoms with Crippen molar-refractivity contribution in [3.63, 3.8) is 0 Å². The SMILES string of the molecule is CCCNC(=O)Nc1ccc(CCN)cc1. The van der Waals surface area contributed by atoms with Crippen molar-refractivity contribution in [3.8, 4) is 0 Å². The Hall–Kier alpha value is -1.55. The second-order valence-corrected chi connectivity index (χ2v) is 3.62. The molecule has 0 bridgehead atoms. The van der Waals surface area contributed by atoms with E-state index in [0.29, 0.717) is 13.1 Å². The number of carbonyl (C=O) groups excluding carboxylic acids is 1. The molecule has 0 atom stereocenters. The summed E-state index contributed by atoms with van der Waals surface area (Å²) in [6, 6.07) is 7.56. The van der Waals surface area contributed by atoms with Gasteiger partial charge in [-0.2, -0.15) is 0 Å². The number of nitrogens with two attached hydrogens (primary N) is 1. The third kappa shape index (κ3) is 4.31. The minimum Gasteiger partial charge on any atom is -0.338 e. The molecule has 0 spiro atoms. The zero-order chi connectivity index (χ0) is 11.8. The van der Waals surface area contributed by atoms with E-state index >= 15 is 0 Å².